The summed E-state index contributed by atoms with van der Waals surface area (Å²) in [6.45, 7) is 0.199. The summed E-state index contributed by atoms with van der Waals surface area (Å²) in [5.74, 6) is 0.146. The number of amidine groups is 1. The Morgan fingerprint density at radius 3 is 2.68 bits per heavy atom. The van der Waals surface area contributed by atoms with Crippen molar-refractivity contribution in [3.05, 3.63) is 59.9 Å². The quantitative estimate of drug-likeness (QED) is 0.550. The van der Waals surface area contributed by atoms with Crippen LogP contribution in [0.1, 0.15) is 49.8 Å². The van der Waals surface area contributed by atoms with Crippen LogP contribution in [-0.4, -0.2) is 49.0 Å². The minimum absolute atomic E-state index is 0.0697. The third-order valence-electron chi connectivity index (χ3n) is 5.40. The molecule has 0 saturated heterocycles. The Bertz CT molecular complexity index is 1090. The van der Waals surface area contributed by atoms with E-state index in [0.29, 0.717) is 11.3 Å². The Morgan fingerprint density at radius 2 is 1.90 bits per heavy atom. The van der Waals surface area contributed by atoms with E-state index in [2.05, 4.69) is 19.8 Å². The standard InChI is InChI=1S/C22H25N5O3S/c28-21(25-17-8-2-1-3-9-17)13-15-27(24-16-18-10-6-7-14-23-18)22-19-11-4-5-12-20(19)31(29,30)26-22/h4-7,10-12,14,16-17H,1-3,8-9,13,15H2,(H,25,28). The van der Waals surface area contributed by atoms with E-state index in [0.717, 1.165) is 25.7 Å². The minimum Gasteiger partial charge on any atom is -0.353 e. The van der Waals surface area contributed by atoms with Crippen molar-refractivity contribution in [3.8, 4) is 0 Å². The fourth-order valence-corrected chi connectivity index (χ4v) is 5.03. The van der Waals surface area contributed by atoms with E-state index >= 15 is 0 Å². The molecule has 0 unspecified atom stereocenters. The highest BCUT2D eigenvalue weighted by atomic mass is 32.2. The summed E-state index contributed by atoms with van der Waals surface area (Å²) in [6, 6.07) is 12.3. The van der Waals surface area contributed by atoms with Crippen LogP contribution in [0.3, 0.4) is 0 Å². The molecule has 9 heteroatoms. The lowest BCUT2D eigenvalue weighted by atomic mass is 9.95. The van der Waals surface area contributed by atoms with Gasteiger partial charge in [-0.1, -0.05) is 37.5 Å². The van der Waals surface area contributed by atoms with Crippen molar-refractivity contribution < 1.29 is 13.2 Å². The number of carbonyl (C=O) groups is 1. The molecule has 2 heterocycles. The van der Waals surface area contributed by atoms with E-state index in [1.807, 2.05) is 6.07 Å². The highest BCUT2D eigenvalue weighted by Gasteiger charge is 2.32. The minimum atomic E-state index is -3.79. The maximum atomic E-state index is 12.5. The second kappa shape index (κ2) is 9.38. The van der Waals surface area contributed by atoms with E-state index in [9.17, 15) is 13.2 Å². The summed E-state index contributed by atoms with van der Waals surface area (Å²) < 4.78 is 28.9. The lowest BCUT2D eigenvalue weighted by Crippen LogP contribution is -2.38. The molecule has 1 N–H and O–H groups in total. The zero-order valence-corrected chi connectivity index (χ0v) is 18.0. The second-order valence-electron chi connectivity index (χ2n) is 7.66. The Morgan fingerprint density at radius 1 is 1.13 bits per heavy atom. The normalized spacial score (nSPS) is 17.9. The number of hydrazone groups is 1. The van der Waals surface area contributed by atoms with Gasteiger partial charge in [0.15, 0.2) is 5.84 Å². The van der Waals surface area contributed by atoms with Gasteiger partial charge < -0.3 is 5.32 Å². The van der Waals surface area contributed by atoms with Gasteiger partial charge in [-0.2, -0.15) is 13.5 Å². The molecule has 31 heavy (non-hydrogen) atoms. The number of rotatable bonds is 6. The molecule has 1 fully saturated rings. The molecule has 1 aromatic heterocycles. The molecule has 1 saturated carbocycles. The predicted octanol–water partition coefficient (Wildman–Crippen LogP) is 2.71. The van der Waals surface area contributed by atoms with Gasteiger partial charge in [-0.15, -0.1) is 4.40 Å². The number of nitrogens with zero attached hydrogens (tertiary/aromatic N) is 4. The zero-order valence-electron chi connectivity index (χ0n) is 17.1. The molecule has 2 aliphatic rings. The molecule has 0 atom stereocenters. The van der Waals surface area contributed by atoms with E-state index < -0.39 is 10.0 Å². The van der Waals surface area contributed by atoms with Crippen LogP contribution >= 0.6 is 0 Å². The van der Waals surface area contributed by atoms with Gasteiger partial charge in [0.1, 0.15) is 4.90 Å². The molecule has 0 spiro atoms. The third kappa shape index (κ3) is 5.16. The monoisotopic (exact) mass is 439 g/mol. The summed E-state index contributed by atoms with van der Waals surface area (Å²) >= 11 is 0. The van der Waals surface area contributed by atoms with Gasteiger partial charge in [0.25, 0.3) is 10.0 Å². The number of sulfonamides is 1. The molecular formula is C22H25N5O3S. The first-order chi connectivity index (χ1) is 15.0. The highest BCUT2D eigenvalue weighted by Crippen LogP contribution is 2.27. The third-order valence-corrected chi connectivity index (χ3v) is 6.72. The van der Waals surface area contributed by atoms with Crippen molar-refractivity contribution in [2.24, 2.45) is 9.50 Å². The topological polar surface area (TPSA) is 104 Å². The van der Waals surface area contributed by atoms with Crippen molar-refractivity contribution in [1.29, 1.82) is 0 Å². The molecule has 8 nitrogen and oxygen atoms in total. The molecule has 162 valence electrons. The van der Waals surface area contributed by atoms with Crippen LogP contribution in [0.4, 0.5) is 0 Å². The lowest BCUT2D eigenvalue weighted by molar-refractivity contribution is -0.122. The molecule has 1 aromatic carbocycles. The maximum absolute atomic E-state index is 12.5. The van der Waals surface area contributed by atoms with Crippen LogP contribution in [0.2, 0.25) is 0 Å². The van der Waals surface area contributed by atoms with E-state index in [1.54, 1.807) is 36.5 Å². The number of hydrogen-bond acceptors (Lipinski definition) is 6. The molecule has 4 rings (SSSR count). The molecule has 0 radical (unpaired) electrons. The number of nitrogens with one attached hydrogen (secondary N) is 1. The first kappa shape index (κ1) is 21.2. The van der Waals surface area contributed by atoms with Crippen molar-refractivity contribution in [2.75, 3.05) is 6.54 Å². The SMILES string of the molecule is O=C(CCN(N=Cc1ccccn1)C1=NS(=O)(=O)c2ccccc21)NC1CCCCC1. The fourth-order valence-electron chi connectivity index (χ4n) is 3.83. The predicted molar refractivity (Wildman–Crippen MR) is 118 cm³/mol. The number of fused-ring (bicyclic) bond motifs is 1. The fraction of sp³-hybridized carbons (Fsp3) is 0.364. The van der Waals surface area contributed by atoms with Gasteiger partial charge in [-0.25, -0.2) is 5.01 Å². The number of carbonyl (C=O) groups excluding carboxylic acids is 1. The number of hydrogen-bond donors (Lipinski definition) is 1. The lowest BCUT2D eigenvalue weighted by Gasteiger charge is -2.24. The summed E-state index contributed by atoms with van der Waals surface area (Å²) in [4.78, 5) is 16.9. The Labute approximate surface area is 182 Å². The van der Waals surface area contributed by atoms with Gasteiger partial charge in [-0.05, 0) is 37.1 Å². The highest BCUT2D eigenvalue weighted by molar-refractivity contribution is 7.90. The number of benzene rings is 1. The van der Waals surface area contributed by atoms with Crippen LogP contribution < -0.4 is 5.32 Å². The van der Waals surface area contributed by atoms with E-state index in [-0.39, 0.29) is 35.6 Å². The first-order valence-corrected chi connectivity index (χ1v) is 11.9. The summed E-state index contributed by atoms with van der Waals surface area (Å²) in [5, 5.41) is 8.99. The van der Waals surface area contributed by atoms with Gasteiger partial charge in [0.05, 0.1) is 18.5 Å². The van der Waals surface area contributed by atoms with Gasteiger partial charge in [0.2, 0.25) is 5.91 Å². The molecule has 1 aliphatic heterocycles. The smallest absolute Gasteiger partial charge is 0.285 e. The first-order valence-electron chi connectivity index (χ1n) is 10.5. The van der Waals surface area contributed by atoms with Crippen LogP contribution in [0.15, 0.2) is 63.1 Å². The molecule has 0 bridgehead atoms. The number of amides is 1. The zero-order chi connectivity index (χ0) is 21.7. The average Bonchev–Trinajstić information content (AvgIpc) is 3.06. The van der Waals surface area contributed by atoms with Gasteiger partial charge in [-0.3, -0.25) is 9.78 Å². The summed E-state index contributed by atoms with van der Waals surface area (Å²) in [6.07, 6.45) is 8.86. The van der Waals surface area contributed by atoms with Crippen LogP contribution in [-0.2, 0) is 14.8 Å². The molecule has 1 amide bonds. The van der Waals surface area contributed by atoms with Gasteiger partial charge in [0, 0.05) is 24.2 Å². The maximum Gasteiger partial charge on any atom is 0.285 e. The molecule has 1 aliphatic carbocycles. The Kier molecular flexibility index (Phi) is 6.41. The van der Waals surface area contributed by atoms with Crippen molar-refractivity contribution in [3.63, 3.8) is 0 Å². The number of aromatic nitrogens is 1. The van der Waals surface area contributed by atoms with Crippen molar-refractivity contribution in [1.82, 2.24) is 15.3 Å². The summed E-state index contributed by atoms with van der Waals surface area (Å²) in [7, 11) is -3.79. The van der Waals surface area contributed by atoms with Crippen LogP contribution in [0.25, 0.3) is 0 Å². The Balaban J connectivity index is 1.54. The molecular weight excluding hydrogens is 414 g/mol. The average molecular weight is 440 g/mol. The van der Waals surface area contributed by atoms with Crippen molar-refractivity contribution in [2.45, 2.75) is 49.5 Å². The second-order valence-corrected chi connectivity index (χ2v) is 9.23. The molecule has 2 aromatic rings. The summed E-state index contributed by atoms with van der Waals surface area (Å²) in [5.41, 5.74) is 1.10. The van der Waals surface area contributed by atoms with Crippen LogP contribution in [0, 0.1) is 0 Å². The van der Waals surface area contributed by atoms with Gasteiger partial charge >= 0.3 is 0 Å². The van der Waals surface area contributed by atoms with Crippen molar-refractivity contribution >= 4 is 28.0 Å². The number of pyridine rings is 1. The Hall–Kier alpha value is -3.07. The van der Waals surface area contributed by atoms with E-state index in [1.165, 1.54) is 23.7 Å². The largest absolute Gasteiger partial charge is 0.353 e. The van der Waals surface area contributed by atoms with Crippen LogP contribution in [0.5, 0.6) is 0 Å². The van der Waals surface area contributed by atoms with E-state index in [4.69, 9.17) is 0 Å².